The molecule has 1 aromatic carbocycles. The van der Waals surface area contributed by atoms with Crippen LogP contribution in [0.2, 0.25) is 0 Å². The molecule has 1 rings (SSSR count). The third-order valence-corrected chi connectivity index (χ3v) is 8.72. The van der Waals surface area contributed by atoms with Crippen molar-refractivity contribution in [2.75, 3.05) is 0 Å². The van der Waals surface area contributed by atoms with Gasteiger partial charge in [-0.05, 0) is 15.3 Å². The summed E-state index contributed by atoms with van der Waals surface area (Å²) in [6, 6.07) is 10.6. The standard InChI is InChI=1S/C7H12SSi2/c8-7(10-9)6-4-2-1-3-5-6/h1-5,7-8H,10H2,9H3. The van der Waals surface area contributed by atoms with Crippen LogP contribution in [-0.4, -0.2) is 18.8 Å². The van der Waals surface area contributed by atoms with E-state index in [1.54, 1.807) is 0 Å². The Kier molecular flexibility index (Phi) is 3.24. The highest BCUT2D eigenvalue weighted by atomic mass is 32.1. The zero-order valence-electron chi connectivity index (χ0n) is 6.12. The number of thiol groups is 1. The van der Waals surface area contributed by atoms with Gasteiger partial charge in [-0.1, -0.05) is 30.3 Å². The van der Waals surface area contributed by atoms with E-state index in [-0.39, 0.29) is 9.04 Å². The van der Waals surface area contributed by atoms with Crippen molar-refractivity contribution in [3.8, 4) is 0 Å². The SMILES string of the molecule is [SiH3][SiH2]C(S)c1ccccc1. The van der Waals surface area contributed by atoms with Gasteiger partial charge < -0.3 is 0 Å². The van der Waals surface area contributed by atoms with Crippen LogP contribution in [0.15, 0.2) is 30.3 Å². The molecular weight excluding hydrogens is 172 g/mol. The van der Waals surface area contributed by atoms with Crippen LogP contribution in [0.5, 0.6) is 0 Å². The van der Waals surface area contributed by atoms with E-state index >= 15 is 0 Å². The van der Waals surface area contributed by atoms with Gasteiger partial charge in [0.25, 0.3) is 0 Å². The van der Waals surface area contributed by atoms with Crippen molar-refractivity contribution in [3.05, 3.63) is 35.9 Å². The predicted octanol–water partition coefficient (Wildman–Crippen LogP) is 0.0642. The van der Waals surface area contributed by atoms with E-state index in [4.69, 9.17) is 0 Å². The lowest BCUT2D eigenvalue weighted by molar-refractivity contribution is 1.37. The van der Waals surface area contributed by atoms with Crippen molar-refractivity contribution in [2.45, 2.75) is 4.87 Å². The molecule has 0 bridgehead atoms. The zero-order chi connectivity index (χ0) is 7.40. The van der Waals surface area contributed by atoms with Crippen molar-refractivity contribution >= 4 is 31.4 Å². The summed E-state index contributed by atoms with van der Waals surface area (Å²) in [5, 5.41) is 0. The molecule has 3 heteroatoms. The summed E-state index contributed by atoms with van der Waals surface area (Å²) >= 11 is 4.52. The molecule has 0 fully saturated rings. The zero-order valence-corrected chi connectivity index (χ0v) is 10.4. The van der Waals surface area contributed by atoms with Crippen molar-refractivity contribution < 1.29 is 0 Å². The largest absolute Gasteiger partial charge is 0.175 e. The topological polar surface area (TPSA) is 0 Å². The summed E-state index contributed by atoms with van der Waals surface area (Å²) in [5.41, 5.74) is 1.41. The normalized spacial score (nSPS) is 14.5. The second-order valence-electron chi connectivity index (χ2n) is 2.33. The minimum Gasteiger partial charge on any atom is -0.175 e. The van der Waals surface area contributed by atoms with Gasteiger partial charge in [-0.15, -0.1) is 0 Å². The molecule has 0 heterocycles. The molecule has 0 nitrogen and oxygen atoms in total. The summed E-state index contributed by atoms with van der Waals surface area (Å²) in [6.07, 6.45) is 0. The number of benzene rings is 1. The van der Waals surface area contributed by atoms with Gasteiger partial charge in [0.15, 0.2) is 0 Å². The monoisotopic (exact) mass is 184 g/mol. The Balaban J connectivity index is 2.75. The van der Waals surface area contributed by atoms with Gasteiger partial charge in [-0.3, -0.25) is 0 Å². The number of rotatable bonds is 2. The molecule has 0 N–H and O–H groups in total. The van der Waals surface area contributed by atoms with Crippen molar-refractivity contribution in [2.24, 2.45) is 0 Å². The third kappa shape index (κ3) is 2.00. The molecule has 0 spiro atoms. The van der Waals surface area contributed by atoms with Gasteiger partial charge in [-0.25, -0.2) is 0 Å². The fraction of sp³-hybridized carbons (Fsp3) is 0.143. The number of hydrogen-bond acceptors (Lipinski definition) is 1. The Hall–Kier alpha value is 0.00377. The van der Waals surface area contributed by atoms with E-state index in [1.165, 1.54) is 15.3 Å². The highest BCUT2D eigenvalue weighted by Crippen LogP contribution is 2.15. The second kappa shape index (κ2) is 4.00. The van der Waals surface area contributed by atoms with Crippen LogP contribution in [0.3, 0.4) is 0 Å². The van der Waals surface area contributed by atoms with Crippen LogP contribution in [0, 0.1) is 0 Å². The minimum atomic E-state index is 0.143. The fourth-order valence-corrected chi connectivity index (χ4v) is 3.24. The van der Waals surface area contributed by atoms with E-state index < -0.39 is 0 Å². The molecular formula is C7H12SSi2. The molecule has 10 heavy (non-hydrogen) atoms. The van der Waals surface area contributed by atoms with E-state index in [0.717, 1.165) is 0 Å². The van der Waals surface area contributed by atoms with E-state index in [0.29, 0.717) is 4.87 Å². The van der Waals surface area contributed by atoms with Crippen LogP contribution in [0.1, 0.15) is 10.4 Å². The second-order valence-corrected chi connectivity index (χ2v) is 7.73. The molecule has 0 saturated heterocycles. The smallest absolute Gasteiger partial charge is 0.0254 e. The maximum absolute atomic E-state index is 4.52. The first kappa shape index (κ1) is 8.10. The summed E-state index contributed by atoms with van der Waals surface area (Å²) < 4.78 is 0. The summed E-state index contributed by atoms with van der Waals surface area (Å²) in [7, 11) is 1.51. The highest BCUT2D eigenvalue weighted by Gasteiger charge is 2.00. The first-order valence-electron chi connectivity index (χ1n) is 3.57. The Morgan fingerprint density at radius 2 is 1.90 bits per heavy atom. The molecule has 1 atom stereocenters. The average molecular weight is 184 g/mol. The molecule has 0 aromatic heterocycles. The molecule has 1 unspecified atom stereocenters. The van der Waals surface area contributed by atoms with Gasteiger partial charge in [-0.2, -0.15) is 12.6 Å². The lowest BCUT2D eigenvalue weighted by Gasteiger charge is -2.05. The summed E-state index contributed by atoms with van der Waals surface area (Å²) in [5.74, 6) is 0. The Morgan fingerprint density at radius 3 is 2.40 bits per heavy atom. The average Bonchev–Trinajstić information content (AvgIpc) is 2.05. The molecule has 0 aliphatic rings. The highest BCUT2D eigenvalue weighted by molar-refractivity contribution is 7.82. The fourth-order valence-electron chi connectivity index (χ4n) is 0.911. The van der Waals surface area contributed by atoms with Crippen LogP contribution in [0.25, 0.3) is 0 Å². The third-order valence-electron chi connectivity index (χ3n) is 1.57. The van der Waals surface area contributed by atoms with E-state index in [1.807, 2.05) is 0 Å². The lowest BCUT2D eigenvalue weighted by Crippen LogP contribution is -2.00. The molecule has 0 aliphatic heterocycles. The minimum absolute atomic E-state index is 0.143. The Morgan fingerprint density at radius 1 is 1.30 bits per heavy atom. The van der Waals surface area contributed by atoms with Crippen LogP contribution in [-0.2, 0) is 0 Å². The van der Waals surface area contributed by atoms with Gasteiger partial charge in [0, 0.05) is 13.9 Å². The molecule has 0 aliphatic carbocycles. The van der Waals surface area contributed by atoms with E-state index in [9.17, 15) is 0 Å². The maximum atomic E-state index is 4.52. The molecule has 0 saturated carbocycles. The van der Waals surface area contributed by atoms with Crippen molar-refractivity contribution in [3.63, 3.8) is 0 Å². The van der Waals surface area contributed by atoms with Crippen LogP contribution in [0.4, 0.5) is 0 Å². The van der Waals surface area contributed by atoms with Crippen molar-refractivity contribution in [1.82, 2.24) is 0 Å². The lowest BCUT2D eigenvalue weighted by atomic mass is 10.2. The van der Waals surface area contributed by atoms with Gasteiger partial charge >= 0.3 is 0 Å². The number of hydrogen-bond donors (Lipinski definition) is 1. The van der Waals surface area contributed by atoms with Gasteiger partial charge in [0.2, 0.25) is 0 Å². The molecule has 0 radical (unpaired) electrons. The summed E-state index contributed by atoms with van der Waals surface area (Å²) in [6.45, 7) is 0. The van der Waals surface area contributed by atoms with Crippen molar-refractivity contribution in [1.29, 1.82) is 0 Å². The maximum Gasteiger partial charge on any atom is 0.0254 e. The Bertz CT molecular complexity index is 188. The molecule has 0 amide bonds. The predicted molar refractivity (Wildman–Crippen MR) is 56.7 cm³/mol. The summed E-state index contributed by atoms with van der Waals surface area (Å²) in [4.78, 5) is 0.605. The van der Waals surface area contributed by atoms with Gasteiger partial charge in [0.05, 0.1) is 0 Å². The molecule has 54 valence electrons. The van der Waals surface area contributed by atoms with Crippen LogP contribution >= 0.6 is 12.6 Å². The van der Waals surface area contributed by atoms with Crippen LogP contribution < -0.4 is 0 Å². The van der Waals surface area contributed by atoms with Gasteiger partial charge in [0.1, 0.15) is 0 Å². The first-order valence-corrected chi connectivity index (χ1v) is 10.6. The molecule has 1 aromatic rings. The Labute approximate surface area is 72.5 Å². The quantitative estimate of drug-likeness (QED) is 0.488. The first-order chi connectivity index (χ1) is 4.84. The van der Waals surface area contributed by atoms with E-state index in [2.05, 4.69) is 43.0 Å².